The first-order valence-corrected chi connectivity index (χ1v) is 5.27. The lowest BCUT2D eigenvalue weighted by Gasteiger charge is -2.44. The minimum Gasteiger partial charge on any atom is -0.314 e. The van der Waals surface area contributed by atoms with E-state index in [1.54, 1.807) is 0 Å². The molecule has 12 heavy (non-hydrogen) atoms. The van der Waals surface area contributed by atoms with Gasteiger partial charge < -0.3 is 5.32 Å². The first kappa shape index (κ1) is 10.0. The van der Waals surface area contributed by atoms with E-state index >= 15 is 0 Å². The van der Waals surface area contributed by atoms with Gasteiger partial charge in [0.05, 0.1) is 0 Å². The van der Waals surface area contributed by atoms with E-state index in [4.69, 9.17) is 0 Å². The van der Waals surface area contributed by atoms with E-state index in [0.29, 0.717) is 5.41 Å². The van der Waals surface area contributed by atoms with E-state index in [-0.39, 0.29) is 0 Å². The molecule has 1 saturated carbocycles. The standard InChI is InChI=1S/C11H23N/c1-5-6-12-10-7-9(8-10)11(2,3)4/h9-10,12H,5-8H2,1-4H3. The number of nitrogens with one attached hydrogen (secondary N) is 1. The average Bonchev–Trinajstić information content (AvgIpc) is 1.81. The van der Waals surface area contributed by atoms with Gasteiger partial charge in [0, 0.05) is 6.04 Å². The lowest BCUT2D eigenvalue weighted by molar-refractivity contribution is 0.0989. The second-order valence-electron chi connectivity index (χ2n) is 5.19. The Kier molecular flexibility index (Phi) is 3.16. The van der Waals surface area contributed by atoms with Crippen LogP contribution in [0.4, 0.5) is 0 Å². The van der Waals surface area contributed by atoms with E-state index < -0.39 is 0 Å². The van der Waals surface area contributed by atoms with E-state index in [1.807, 2.05) is 0 Å². The van der Waals surface area contributed by atoms with Gasteiger partial charge in [0.1, 0.15) is 0 Å². The molecule has 1 heteroatoms. The highest BCUT2D eigenvalue weighted by atomic mass is 14.9. The van der Waals surface area contributed by atoms with E-state index in [0.717, 1.165) is 12.0 Å². The van der Waals surface area contributed by atoms with Crippen molar-refractivity contribution in [3.8, 4) is 0 Å². The molecule has 0 unspecified atom stereocenters. The van der Waals surface area contributed by atoms with Gasteiger partial charge >= 0.3 is 0 Å². The van der Waals surface area contributed by atoms with Gasteiger partial charge in [0.25, 0.3) is 0 Å². The highest BCUT2D eigenvalue weighted by Crippen LogP contribution is 2.41. The maximum atomic E-state index is 3.57. The summed E-state index contributed by atoms with van der Waals surface area (Å²) < 4.78 is 0. The second kappa shape index (κ2) is 3.78. The lowest BCUT2D eigenvalue weighted by atomic mass is 9.66. The van der Waals surface area contributed by atoms with Crippen molar-refractivity contribution in [3.63, 3.8) is 0 Å². The Hall–Kier alpha value is -0.0400. The molecule has 1 aliphatic rings. The molecule has 0 atom stereocenters. The Morgan fingerprint density at radius 3 is 2.25 bits per heavy atom. The highest BCUT2D eigenvalue weighted by Gasteiger charge is 2.36. The molecule has 0 amide bonds. The molecule has 0 heterocycles. The summed E-state index contributed by atoms with van der Waals surface area (Å²) in [6.07, 6.45) is 4.05. The molecule has 1 aliphatic carbocycles. The zero-order chi connectivity index (χ0) is 9.19. The van der Waals surface area contributed by atoms with Crippen LogP contribution in [0.5, 0.6) is 0 Å². The predicted molar refractivity (Wildman–Crippen MR) is 54.3 cm³/mol. The summed E-state index contributed by atoms with van der Waals surface area (Å²) in [6, 6.07) is 0.828. The third-order valence-electron chi connectivity index (χ3n) is 3.05. The Morgan fingerprint density at radius 1 is 1.25 bits per heavy atom. The fourth-order valence-electron chi connectivity index (χ4n) is 1.84. The highest BCUT2D eigenvalue weighted by molar-refractivity contribution is 4.90. The predicted octanol–water partition coefficient (Wildman–Crippen LogP) is 2.81. The Balaban J connectivity index is 2.12. The van der Waals surface area contributed by atoms with Gasteiger partial charge in [-0.1, -0.05) is 27.7 Å². The summed E-state index contributed by atoms with van der Waals surface area (Å²) >= 11 is 0. The van der Waals surface area contributed by atoms with Gasteiger partial charge in [-0.05, 0) is 37.1 Å². The van der Waals surface area contributed by atoms with Crippen LogP contribution in [-0.2, 0) is 0 Å². The Labute approximate surface area is 76.9 Å². The summed E-state index contributed by atoms with van der Waals surface area (Å²) in [5.41, 5.74) is 0.532. The average molecular weight is 169 g/mol. The van der Waals surface area contributed by atoms with E-state index in [2.05, 4.69) is 33.0 Å². The smallest absolute Gasteiger partial charge is 0.00727 e. The van der Waals surface area contributed by atoms with Crippen LogP contribution in [0.2, 0.25) is 0 Å². The molecule has 72 valence electrons. The van der Waals surface area contributed by atoms with Crippen molar-refractivity contribution in [1.29, 1.82) is 0 Å². The topological polar surface area (TPSA) is 12.0 Å². The van der Waals surface area contributed by atoms with Crippen LogP contribution in [0.25, 0.3) is 0 Å². The zero-order valence-corrected chi connectivity index (χ0v) is 8.98. The molecule has 0 aromatic heterocycles. The van der Waals surface area contributed by atoms with Crippen LogP contribution in [0.15, 0.2) is 0 Å². The molecule has 0 radical (unpaired) electrons. The van der Waals surface area contributed by atoms with Crippen LogP contribution >= 0.6 is 0 Å². The van der Waals surface area contributed by atoms with Crippen molar-refractivity contribution in [2.45, 2.75) is 53.0 Å². The minimum absolute atomic E-state index is 0.532. The minimum atomic E-state index is 0.532. The van der Waals surface area contributed by atoms with Crippen LogP contribution in [-0.4, -0.2) is 12.6 Å². The van der Waals surface area contributed by atoms with Gasteiger partial charge in [-0.25, -0.2) is 0 Å². The molecule has 0 aromatic rings. The Bertz CT molecular complexity index is 128. The van der Waals surface area contributed by atoms with Gasteiger partial charge in [-0.2, -0.15) is 0 Å². The number of hydrogen-bond acceptors (Lipinski definition) is 1. The molecule has 0 aliphatic heterocycles. The normalized spacial score (nSPS) is 30.0. The molecular weight excluding hydrogens is 146 g/mol. The van der Waals surface area contributed by atoms with Gasteiger partial charge in [-0.3, -0.25) is 0 Å². The van der Waals surface area contributed by atoms with Crippen LogP contribution in [0.1, 0.15) is 47.0 Å². The quantitative estimate of drug-likeness (QED) is 0.685. The maximum absolute atomic E-state index is 3.57. The third kappa shape index (κ3) is 2.48. The fourth-order valence-corrected chi connectivity index (χ4v) is 1.84. The Morgan fingerprint density at radius 2 is 1.83 bits per heavy atom. The summed E-state index contributed by atoms with van der Waals surface area (Å²) in [4.78, 5) is 0. The summed E-state index contributed by atoms with van der Waals surface area (Å²) in [5.74, 6) is 0.951. The maximum Gasteiger partial charge on any atom is 0.00727 e. The molecule has 0 spiro atoms. The second-order valence-corrected chi connectivity index (χ2v) is 5.19. The summed E-state index contributed by atoms with van der Waals surface area (Å²) in [7, 11) is 0. The van der Waals surface area contributed by atoms with E-state index in [9.17, 15) is 0 Å². The van der Waals surface area contributed by atoms with Crippen molar-refractivity contribution >= 4 is 0 Å². The zero-order valence-electron chi connectivity index (χ0n) is 8.98. The van der Waals surface area contributed by atoms with E-state index in [1.165, 1.54) is 25.8 Å². The van der Waals surface area contributed by atoms with Crippen LogP contribution in [0, 0.1) is 11.3 Å². The van der Waals surface area contributed by atoms with Gasteiger partial charge in [0.2, 0.25) is 0 Å². The molecule has 1 nitrogen and oxygen atoms in total. The molecule has 1 rings (SSSR count). The van der Waals surface area contributed by atoms with Crippen molar-refractivity contribution < 1.29 is 0 Å². The number of rotatable bonds is 3. The first-order valence-electron chi connectivity index (χ1n) is 5.27. The molecule has 1 fully saturated rings. The van der Waals surface area contributed by atoms with Crippen LogP contribution < -0.4 is 5.32 Å². The summed E-state index contributed by atoms with van der Waals surface area (Å²) in [5, 5.41) is 3.57. The monoisotopic (exact) mass is 169 g/mol. The molecule has 0 bridgehead atoms. The molecular formula is C11H23N. The first-order chi connectivity index (χ1) is 5.54. The van der Waals surface area contributed by atoms with Crippen LogP contribution in [0.3, 0.4) is 0 Å². The lowest BCUT2D eigenvalue weighted by Crippen LogP contribution is -2.46. The number of hydrogen-bond donors (Lipinski definition) is 1. The SMILES string of the molecule is CCCNC1CC(C(C)(C)C)C1. The van der Waals surface area contributed by atoms with Crippen molar-refractivity contribution in [3.05, 3.63) is 0 Å². The van der Waals surface area contributed by atoms with Gasteiger partial charge in [-0.15, -0.1) is 0 Å². The van der Waals surface area contributed by atoms with Crippen molar-refractivity contribution in [2.75, 3.05) is 6.54 Å². The van der Waals surface area contributed by atoms with Crippen molar-refractivity contribution in [2.24, 2.45) is 11.3 Å². The molecule has 0 saturated heterocycles. The molecule has 0 aromatic carbocycles. The van der Waals surface area contributed by atoms with Gasteiger partial charge in [0.15, 0.2) is 0 Å². The third-order valence-corrected chi connectivity index (χ3v) is 3.05. The molecule has 1 N–H and O–H groups in total. The fraction of sp³-hybridized carbons (Fsp3) is 1.00. The van der Waals surface area contributed by atoms with Crippen molar-refractivity contribution in [1.82, 2.24) is 5.32 Å². The summed E-state index contributed by atoms with van der Waals surface area (Å²) in [6.45, 7) is 10.5. The largest absolute Gasteiger partial charge is 0.314 e.